The minimum Gasteiger partial charge on any atom is -0.447 e. The highest BCUT2D eigenvalue weighted by atomic mass is 35.5. The highest BCUT2D eigenvalue weighted by molar-refractivity contribution is 6.42. The average Bonchev–Trinajstić information content (AvgIpc) is 3.30. The van der Waals surface area contributed by atoms with Gasteiger partial charge in [-0.05, 0) is 56.2 Å². The Hall–Kier alpha value is -2.03. The minimum absolute atomic E-state index is 0.0554. The zero-order valence-electron chi connectivity index (χ0n) is 22.2. The number of rotatable bonds is 6. The minimum atomic E-state index is -0.426. The van der Waals surface area contributed by atoms with Crippen LogP contribution in [0, 0.1) is 11.3 Å². The number of benzene rings is 1. The molecule has 3 aliphatic heterocycles. The molecule has 0 aromatic heterocycles. The zero-order valence-corrected chi connectivity index (χ0v) is 23.7. The lowest BCUT2D eigenvalue weighted by molar-refractivity contribution is -0.142. The second-order valence-corrected chi connectivity index (χ2v) is 12.4. The molecule has 5 rings (SSSR count). The summed E-state index contributed by atoms with van der Waals surface area (Å²) in [5, 5.41) is 0.904. The van der Waals surface area contributed by atoms with Crippen molar-refractivity contribution in [3.8, 4) is 0 Å². The van der Waals surface area contributed by atoms with Crippen molar-refractivity contribution in [1.29, 1.82) is 0 Å². The Morgan fingerprint density at radius 3 is 2.45 bits per heavy atom. The molecule has 0 bridgehead atoms. The largest absolute Gasteiger partial charge is 0.447 e. The molecule has 4 fully saturated rings. The second kappa shape index (κ2) is 11.2. The maximum atomic E-state index is 13.6. The topological polar surface area (TPSA) is 79.4 Å². The summed E-state index contributed by atoms with van der Waals surface area (Å²) in [6, 6.07) is 5.21. The van der Waals surface area contributed by atoms with Crippen LogP contribution < -0.4 is 0 Å². The molecule has 1 saturated carbocycles. The van der Waals surface area contributed by atoms with Crippen LogP contribution in [0.4, 0.5) is 4.79 Å². The van der Waals surface area contributed by atoms with Gasteiger partial charge in [-0.2, -0.15) is 0 Å². The van der Waals surface area contributed by atoms with Gasteiger partial charge >= 0.3 is 6.09 Å². The molecule has 38 heavy (non-hydrogen) atoms. The van der Waals surface area contributed by atoms with Crippen molar-refractivity contribution in [1.82, 2.24) is 14.7 Å². The summed E-state index contributed by atoms with van der Waals surface area (Å²) in [5.41, 5.74) is 0.742. The summed E-state index contributed by atoms with van der Waals surface area (Å²) in [5.74, 6) is 0.0531. The summed E-state index contributed by atoms with van der Waals surface area (Å²) < 4.78 is 11.2. The summed E-state index contributed by atoms with van der Waals surface area (Å²) in [6.45, 7) is 5.08. The van der Waals surface area contributed by atoms with Crippen LogP contribution in [-0.2, 0) is 19.1 Å². The Morgan fingerprint density at radius 2 is 1.82 bits per heavy atom. The van der Waals surface area contributed by atoms with E-state index in [1.54, 1.807) is 18.0 Å². The molecule has 0 spiro atoms. The van der Waals surface area contributed by atoms with Crippen LogP contribution >= 0.6 is 23.2 Å². The summed E-state index contributed by atoms with van der Waals surface area (Å²) in [7, 11) is 1.73. The van der Waals surface area contributed by atoms with Gasteiger partial charge in [-0.15, -0.1) is 0 Å². The number of halogens is 2. The Kier molecular flexibility index (Phi) is 8.13. The number of piperidine rings is 1. The molecule has 0 unspecified atom stereocenters. The van der Waals surface area contributed by atoms with Crippen molar-refractivity contribution in [2.24, 2.45) is 11.3 Å². The number of amides is 3. The van der Waals surface area contributed by atoms with Gasteiger partial charge in [0.2, 0.25) is 11.8 Å². The van der Waals surface area contributed by atoms with E-state index in [9.17, 15) is 14.4 Å². The molecular weight excluding hydrogens is 529 g/mol. The van der Waals surface area contributed by atoms with Crippen molar-refractivity contribution in [2.45, 2.75) is 63.5 Å². The smallest absolute Gasteiger partial charge is 0.409 e. The lowest BCUT2D eigenvalue weighted by Gasteiger charge is -2.34. The fourth-order valence-electron chi connectivity index (χ4n) is 5.98. The van der Waals surface area contributed by atoms with E-state index in [2.05, 4.69) is 0 Å². The number of ether oxygens (including phenoxy) is 2. The maximum absolute atomic E-state index is 13.6. The first kappa shape index (κ1) is 27.5. The quantitative estimate of drug-likeness (QED) is 0.504. The number of nitrogens with zero attached hydrogens (tertiary/aromatic N) is 3. The highest BCUT2D eigenvalue weighted by Crippen LogP contribution is 2.47. The van der Waals surface area contributed by atoms with Gasteiger partial charge in [-0.25, -0.2) is 4.79 Å². The number of carbonyl (C=O) groups is 3. The van der Waals surface area contributed by atoms with Gasteiger partial charge in [-0.1, -0.05) is 36.2 Å². The van der Waals surface area contributed by atoms with E-state index >= 15 is 0 Å². The molecule has 0 radical (unpaired) electrons. The maximum Gasteiger partial charge on any atom is 0.409 e. The molecule has 3 amide bonds. The van der Waals surface area contributed by atoms with Crippen LogP contribution in [0.3, 0.4) is 0 Å². The van der Waals surface area contributed by atoms with Gasteiger partial charge in [0.25, 0.3) is 0 Å². The number of likely N-dealkylation sites (N-methyl/N-ethyl adjacent to an activating group) is 1. The second-order valence-electron chi connectivity index (χ2n) is 11.5. The van der Waals surface area contributed by atoms with E-state index in [4.69, 9.17) is 32.7 Å². The molecule has 1 aromatic rings. The summed E-state index contributed by atoms with van der Waals surface area (Å²) in [6.07, 6.45) is 4.63. The van der Waals surface area contributed by atoms with E-state index in [0.29, 0.717) is 55.7 Å². The first-order chi connectivity index (χ1) is 18.2. The Balaban J connectivity index is 1.26. The number of carbonyl (C=O) groups excluding carboxylic acids is 3. The molecule has 3 saturated heterocycles. The normalized spacial score (nSPS) is 26.9. The Morgan fingerprint density at radius 1 is 1.08 bits per heavy atom. The lowest BCUT2D eigenvalue weighted by atomic mass is 9.93. The molecule has 4 aliphatic rings. The van der Waals surface area contributed by atoms with Crippen molar-refractivity contribution in [3.05, 3.63) is 33.8 Å². The Labute approximate surface area is 234 Å². The van der Waals surface area contributed by atoms with E-state index < -0.39 is 6.09 Å². The van der Waals surface area contributed by atoms with Crippen LogP contribution in [0.5, 0.6) is 0 Å². The van der Waals surface area contributed by atoms with Crippen LogP contribution in [0.15, 0.2) is 18.2 Å². The fourth-order valence-corrected chi connectivity index (χ4v) is 6.28. The van der Waals surface area contributed by atoms with E-state index in [-0.39, 0.29) is 47.8 Å². The third-order valence-corrected chi connectivity index (χ3v) is 9.56. The first-order valence-corrected chi connectivity index (χ1v) is 14.5. The van der Waals surface area contributed by atoms with Crippen molar-refractivity contribution in [2.75, 3.05) is 46.4 Å². The predicted octanol–water partition coefficient (Wildman–Crippen LogP) is 4.57. The van der Waals surface area contributed by atoms with Crippen LogP contribution in [0.2, 0.25) is 10.0 Å². The van der Waals surface area contributed by atoms with Gasteiger partial charge in [0, 0.05) is 57.1 Å². The molecule has 8 nitrogen and oxygen atoms in total. The monoisotopic (exact) mass is 565 g/mol. The van der Waals surface area contributed by atoms with Gasteiger partial charge in [0.1, 0.15) is 6.61 Å². The van der Waals surface area contributed by atoms with Crippen molar-refractivity contribution in [3.63, 3.8) is 0 Å². The Bertz CT molecular complexity index is 1070. The van der Waals surface area contributed by atoms with E-state index in [0.717, 1.165) is 31.2 Å². The predicted molar refractivity (Wildman–Crippen MR) is 144 cm³/mol. The van der Waals surface area contributed by atoms with Gasteiger partial charge < -0.3 is 24.2 Å². The first-order valence-electron chi connectivity index (χ1n) is 13.7. The third-order valence-electron chi connectivity index (χ3n) is 8.82. The third kappa shape index (κ3) is 5.77. The average molecular weight is 567 g/mol. The number of hydrogen-bond donors (Lipinski definition) is 0. The van der Waals surface area contributed by atoms with Crippen LogP contribution in [0.1, 0.15) is 56.9 Å². The molecule has 3 atom stereocenters. The molecule has 1 aliphatic carbocycles. The molecule has 10 heteroatoms. The zero-order chi connectivity index (χ0) is 27.0. The standard InChI is InChI=1S/C28H37Cl2N3O5/c1-28(9-10-28)26(35)32-11-7-18(8-12-32)25(34)33-15-21(19-5-6-22(29)23(30)14-19)24(16-33)31(2)27(36)38-17-20-4-3-13-37-20/h5-6,14,18,20-21,24H,3-4,7-13,15-17H2,1-2H3/t20-,21+,24-/m0/s1. The van der Waals surface area contributed by atoms with E-state index in [1.807, 2.05) is 28.9 Å². The van der Waals surface area contributed by atoms with Crippen LogP contribution in [0.25, 0.3) is 0 Å². The molecule has 1 aromatic carbocycles. The van der Waals surface area contributed by atoms with Crippen molar-refractivity contribution < 1.29 is 23.9 Å². The molecule has 208 valence electrons. The van der Waals surface area contributed by atoms with Gasteiger partial charge in [0.15, 0.2) is 0 Å². The number of hydrogen-bond acceptors (Lipinski definition) is 5. The molecule has 0 N–H and O–H groups in total. The molecular formula is C28H37Cl2N3O5. The van der Waals surface area contributed by atoms with Crippen LogP contribution in [-0.4, -0.2) is 91.2 Å². The summed E-state index contributed by atoms with van der Waals surface area (Å²) in [4.78, 5) is 44.8. The van der Waals surface area contributed by atoms with Gasteiger partial charge in [-0.3, -0.25) is 9.59 Å². The number of likely N-dealkylation sites (tertiary alicyclic amines) is 2. The van der Waals surface area contributed by atoms with E-state index in [1.165, 1.54) is 0 Å². The summed E-state index contributed by atoms with van der Waals surface area (Å²) >= 11 is 12.5. The highest BCUT2D eigenvalue weighted by Gasteiger charge is 2.48. The van der Waals surface area contributed by atoms with Gasteiger partial charge in [0.05, 0.1) is 22.2 Å². The fraction of sp³-hybridized carbons (Fsp3) is 0.679. The SMILES string of the molecule is CN(C(=O)OC[C@@H]1CCCO1)[C@H]1CN(C(=O)C2CCN(C(=O)C3(C)CC3)CC2)C[C@@H]1c1ccc(Cl)c(Cl)c1. The van der Waals surface area contributed by atoms with Crippen molar-refractivity contribution >= 4 is 41.1 Å². The molecule has 3 heterocycles. The lowest BCUT2D eigenvalue weighted by Crippen LogP contribution is -2.46.